The van der Waals surface area contributed by atoms with Crippen molar-refractivity contribution in [2.24, 2.45) is 11.7 Å². The summed E-state index contributed by atoms with van der Waals surface area (Å²) < 4.78 is 11.0. The van der Waals surface area contributed by atoms with Crippen molar-refractivity contribution >= 4 is 0 Å². The van der Waals surface area contributed by atoms with Gasteiger partial charge in [0.15, 0.2) is 5.79 Å². The Morgan fingerprint density at radius 2 is 2.07 bits per heavy atom. The van der Waals surface area contributed by atoms with Gasteiger partial charge in [-0.2, -0.15) is 0 Å². The maximum atomic E-state index is 9.64. The Morgan fingerprint density at radius 3 is 2.57 bits per heavy atom. The Labute approximate surface area is 82.8 Å². The molecule has 2 fully saturated rings. The Hall–Kier alpha value is -0.200. The van der Waals surface area contributed by atoms with E-state index in [0.29, 0.717) is 0 Å². The summed E-state index contributed by atoms with van der Waals surface area (Å²) in [6.45, 7) is 3.71. The van der Waals surface area contributed by atoms with Crippen LogP contribution in [0.4, 0.5) is 0 Å². The van der Waals surface area contributed by atoms with Crippen LogP contribution in [0.2, 0.25) is 0 Å². The molecule has 5 unspecified atom stereocenters. The zero-order chi connectivity index (χ0) is 10.5. The molecule has 2 rings (SSSR count). The van der Waals surface area contributed by atoms with Gasteiger partial charge < -0.3 is 25.4 Å². The first-order valence-electron chi connectivity index (χ1n) is 4.93. The molecule has 82 valence electrons. The van der Waals surface area contributed by atoms with E-state index in [1.165, 1.54) is 0 Å². The molecule has 0 spiro atoms. The second-order valence-corrected chi connectivity index (χ2v) is 4.32. The fourth-order valence-corrected chi connectivity index (χ4v) is 2.09. The molecule has 0 radical (unpaired) electrons. The molecule has 0 amide bonds. The van der Waals surface area contributed by atoms with Crippen LogP contribution in [0.1, 0.15) is 13.8 Å². The van der Waals surface area contributed by atoms with E-state index in [-0.39, 0.29) is 18.6 Å². The van der Waals surface area contributed by atoms with E-state index in [0.717, 1.165) is 0 Å². The molecule has 5 atom stereocenters. The predicted octanol–water partition coefficient (Wildman–Crippen LogP) is -1.18. The fourth-order valence-electron chi connectivity index (χ4n) is 2.09. The number of hydrogen-bond donors (Lipinski definition) is 3. The summed E-state index contributed by atoms with van der Waals surface area (Å²) in [5.74, 6) is -0.508. The third kappa shape index (κ3) is 1.20. The van der Waals surface area contributed by atoms with Crippen molar-refractivity contribution in [2.45, 2.75) is 44.0 Å². The number of ether oxygens (including phenoxy) is 2. The van der Waals surface area contributed by atoms with Gasteiger partial charge in [0, 0.05) is 5.92 Å². The van der Waals surface area contributed by atoms with Crippen LogP contribution in [0, 0.1) is 5.92 Å². The standard InChI is InChI=1S/C9H17NO4/c1-4(2)9-8(14-9)6(10)7(12)5(3-11)13-9/h4-8,11-12H,3,10H2,1-2H3. The molecule has 0 saturated carbocycles. The lowest BCUT2D eigenvalue weighted by Gasteiger charge is -2.34. The lowest BCUT2D eigenvalue weighted by atomic mass is 9.91. The van der Waals surface area contributed by atoms with Gasteiger partial charge in [-0.25, -0.2) is 0 Å². The summed E-state index contributed by atoms with van der Waals surface area (Å²) in [6, 6.07) is -0.469. The molecule has 0 aromatic heterocycles. The third-order valence-corrected chi connectivity index (χ3v) is 3.10. The molecule has 0 aromatic rings. The zero-order valence-corrected chi connectivity index (χ0v) is 8.38. The third-order valence-electron chi connectivity index (χ3n) is 3.10. The van der Waals surface area contributed by atoms with Crippen molar-refractivity contribution in [2.75, 3.05) is 6.61 Å². The molecule has 5 heteroatoms. The van der Waals surface area contributed by atoms with E-state index in [1.54, 1.807) is 0 Å². The largest absolute Gasteiger partial charge is 0.394 e. The number of rotatable bonds is 2. The summed E-state index contributed by atoms with van der Waals surface area (Å²) in [7, 11) is 0. The molecule has 5 nitrogen and oxygen atoms in total. The smallest absolute Gasteiger partial charge is 0.199 e. The Kier molecular flexibility index (Phi) is 2.32. The topological polar surface area (TPSA) is 88.2 Å². The second kappa shape index (κ2) is 3.15. The molecule has 0 aromatic carbocycles. The first-order valence-corrected chi connectivity index (χ1v) is 4.93. The molecule has 2 aliphatic rings. The molecular formula is C9H17NO4. The van der Waals surface area contributed by atoms with Gasteiger partial charge in [-0.3, -0.25) is 0 Å². The fraction of sp³-hybridized carbons (Fsp3) is 1.00. The van der Waals surface area contributed by atoms with E-state index in [1.807, 2.05) is 13.8 Å². The van der Waals surface area contributed by atoms with E-state index < -0.39 is 24.0 Å². The van der Waals surface area contributed by atoms with Crippen LogP contribution in [0.25, 0.3) is 0 Å². The first kappa shape index (κ1) is 10.3. The van der Waals surface area contributed by atoms with Gasteiger partial charge in [0.2, 0.25) is 0 Å². The number of aliphatic hydroxyl groups excluding tert-OH is 2. The van der Waals surface area contributed by atoms with Gasteiger partial charge >= 0.3 is 0 Å². The molecule has 0 bridgehead atoms. The highest BCUT2D eigenvalue weighted by Gasteiger charge is 2.68. The van der Waals surface area contributed by atoms with Gasteiger partial charge in [-0.05, 0) is 0 Å². The van der Waals surface area contributed by atoms with Crippen molar-refractivity contribution in [3.8, 4) is 0 Å². The number of epoxide rings is 1. The van der Waals surface area contributed by atoms with Gasteiger partial charge in [-0.15, -0.1) is 0 Å². The summed E-state index contributed by atoms with van der Waals surface area (Å²) in [5.41, 5.74) is 5.79. The van der Waals surface area contributed by atoms with E-state index in [4.69, 9.17) is 20.3 Å². The van der Waals surface area contributed by atoms with Crippen molar-refractivity contribution in [1.29, 1.82) is 0 Å². The highest BCUT2D eigenvalue weighted by molar-refractivity contribution is 5.10. The average Bonchev–Trinajstić information content (AvgIpc) is 2.87. The summed E-state index contributed by atoms with van der Waals surface area (Å²) >= 11 is 0. The Balaban J connectivity index is 2.15. The van der Waals surface area contributed by atoms with Crippen LogP contribution in [-0.4, -0.2) is 47.0 Å². The summed E-state index contributed by atoms with van der Waals surface area (Å²) in [5, 5.41) is 18.7. The second-order valence-electron chi connectivity index (χ2n) is 4.32. The maximum Gasteiger partial charge on any atom is 0.199 e. The van der Waals surface area contributed by atoms with Gasteiger partial charge in [-0.1, -0.05) is 13.8 Å². The van der Waals surface area contributed by atoms with Crippen LogP contribution in [0.15, 0.2) is 0 Å². The van der Waals surface area contributed by atoms with Crippen molar-refractivity contribution in [3.05, 3.63) is 0 Å². The van der Waals surface area contributed by atoms with E-state index in [2.05, 4.69) is 0 Å². The molecule has 2 saturated heterocycles. The monoisotopic (exact) mass is 203 g/mol. The Morgan fingerprint density at radius 1 is 1.43 bits per heavy atom. The summed E-state index contributed by atoms with van der Waals surface area (Å²) in [4.78, 5) is 0. The van der Waals surface area contributed by atoms with Crippen LogP contribution >= 0.6 is 0 Å². The van der Waals surface area contributed by atoms with Crippen LogP contribution in [0.3, 0.4) is 0 Å². The maximum absolute atomic E-state index is 9.64. The molecule has 4 N–H and O–H groups in total. The number of nitrogens with two attached hydrogens (primary N) is 1. The minimum atomic E-state index is -0.848. The molecule has 2 aliphatic heterocycles. The van der Waals surface area contributed by atoms with Crippen LogP contribution in [-0.2, 0) is 9.47 Å². The molecule has 0 aliphatic carbocycles. The lowest BCUT2D eigenvalue weighted by molar-refractivity contribution is -0.177. The van der Waals surface area contributed by atoms with Crippen molar-refractivity contribution in [3.63, 3.8) is 0 Å². The molecule has 14 heavy (non-hydrogen) atoms. The van der Waals surface area contributed by atoms with Crippen molar-refractivity contribution < 1.29 is 19.7 Å². The zero-order valence-electron chi connectivity index (χ0n) is 8.38. The molecular weight excluding hydrogens is 186 g/mol. The van der Waals surface area contributed by atoms with Gasteiger partial charge in [0.1, 0.15) is 18.3 Å². The van der Waals surface area contributed by atoms with Crippen molar-refractivity contribution in [1.82, 2.24) is 0 Å². The van der Waals surface area contributed by atoms with E-state index >= 15 is 0 Å². The highest BCUT2D eigenvalue weighted by Crippen LogP contribution is 2.50. The normalized spacial score (nSPS) is 51.9. The number of hydrogen-bond acceptors (Lipinski definition) is 5. The van der Waals surface area contributed by atoms with Gasteiger partial charge in [0.05, 0.1) is 12.6 Å². The minimum absolute atomic E-state index is 0.167. The summed E-state index contributed by atoms with van der Waals surface area (Å²) in [6.07, 6.45) is -1.72. The number of aliphatic hydroxyl groups is 2. The predicted molar refractivity (Wildman–Crippen MR) is 48.4 cm³/mol. The van der Waals surface area contributed by atoms with Gasteiger partial charge in [0.25, 0.3) is 0 Å². The Bertz CT molecular complexity index is 235. The minimum Gasteiger partial charge on any atom is -0.394 e. The average molecular weight is 203 g/mol. The lowest BCUT2D eigenvalue weighted by Crippen LogP contribution is -2.57. The molecule has 2 heterocycles. The highest BCUT2D eigenvalue weighted by atomic mass is 16.8. The van der Waals surface area contributed by atoms with Crippen LogP contribution < -0.4 is 5.73 Å². The number of fused-ring (bicyclic) bond motifs is 1. The SMILES string of the molecule is CC(C)C12OC(CO)C(O)C(N)C1O2. The van der Waals surface area contributed by atoms with E-state index in [9.17, 15) is 5.11 Å². The first-order chi connectivity index (χ1) is 6.53. The van der Waals surface area contributed by atoms with Crippen LogP contribution in [0.5, 0.6) is 0 Å². The quantitative estimate of drug-likeness (QED) is 0.491.